The Hall–Kier alpha value is -1.35. The molecule has 0 bridgehead atoms. The van der Waals surface area contributed by atoms with E-state index < -0.39 is 0 Å². The maximum atomic E-state index is 12.4. The molecule has 1 aromatic rings. The summed E-state index contributed by atoms with van der Waals surface area (Å²) in [5.74, 6) is 0.712. The Morgan fingerprint density at radius 2 is 2.11 bits per heavy atom. The highest BCUT2D eigenvalue weighted by Crippen LogP contribution is 2.25. The highest BCUT2D eigenvalue weighted by Gasteiger charge is 2.24. The van der Waals surface area contributed by atoms with Gasteiger partial charge in [-0.1, -0.05) is 32.0 Å². The van der Waals surface area contributed by atoms with Crippen molar-refractivity contribution >= 4 is 11.6 Å². The first-order valence-electron chi connectivity index (χ1n) is 7.16. The minimum absolute atomic E-state index is 0.124. The largest absolute Gasteiger partial charge is 0.326 e. The molecule has 1 amide bonds. The minimum atomic E-state index is 0.124. The van der Waals surface area contributed by atoms with Crippen LogP contribution in [-0.4, -0.2) is 30.9 Å². The number of anilines is 1. The fourth-order valence-electron chi connectivity index (χ4n) is 2.73. The molecule has 1 saturated heterocycles. The van der Waals surface area contributed by atoms with Crippen molar-refractivity contribution in [3.8, 4) is 0 Å². The summed E-state index contributed by atoms with van der Waals surface area (Å²) in [6, 6.07) is 8.10. The molecule has 1 aliphatic heterocycles. The van der Waals surface area contributed by atoms with Crippen molar-refractivity contribution in [2.24, 2.45) is 5.92 Å². The summed E-state index contributed by atoms with van der Waals surface area (Å²) in [6.07, 6.45) is 2.11. The van der Waals surface area contributed by atoms with Crippen LogP contribution in [0, 0.1) is 5.92 Å². The van der Waals surface area contributed by atoms with Crippen LogP contribution in [0.1, 0.15) is 38.2 Å². The van der Waals surface area contributed by atoms with Gasteiger partial charge in [0, 0.05) is 12.2 Å². The highest BCUT2D eigenvalue weighted by atomic mass is 16.1. The summed E-state index contributed by atoms with van der Waals surface area (Å²) in [6.45, 7) is 6.28. The molecule has 19 heavy (non-hydrogen) atoms. The normalized spacial score (nSPS) is 20.5. The van der Waals surface area contributed by atoms with E-state index in [4.69, 9.17) is 0 Å². The molecule has 0 saturated carbocycles. The van der Waals surface area contributed by atoms with E-state index in [-0.39, 0.29) is 11.8 Å². The second-order valence-electron chi connectivity index (χ2n) is 5.83. The third-order valence-electron chi connectivity index (χ3n) is 3.84. The monoisotopic (exact) mass is 260 g/mol. The van der Waals surface area contributed by atoms with Crippen molar-refractivity contribution in [3.63, 3.8) is 0 Å². The van der Waals surface area contributed by atoms with Gasteiger partial charge < -0.3 is 10.2 Å². The van der Waals surface area contributed by atoms with Gasteiger partial charge in [0.05, 0.1) is 5.92 Å². The number of nitrogens with one attached hydrogen (secondary N) is 1. The molecule has 3 heteroatoms. The van der Waals surface area contributed by atoms with Gasteiger partial charge in [-0.3, -0.25) is 4.79 Å². The maximum Gasteiger partial charge on any atom is 0.228 e. The van der Waals surface area contributed by atoms with E-state index >= 15 is 0 Å². The molecule has 0 aliphatic carbocycles. The Morgan fingerprint density at radius 1 is 1.37 bits per heavy atom. The maximum absolute atomic E-state index is 12.4. The van der Waals surface area contributed by atoms with Crippen LogP contribution in [0.4, 0.5) is 5.69 Å². The van der Waals surface area contributed by atoms with Crippen LogP contribution in [0.5, 0.6) is 0 Å². The summed E-state index contributed by atoms with van der Waals surface area (Å²) in [4.78, 5) is 14.6. The van der Waals surface area contributed by atoms with Crippen molar-refractivity contribution in [3.05, 3.63) is 29.8 Å². The van der Waals surface area contributed by atoms with Gasteiger partial charge in [0.25, 0.3) is 0 Å². The quantitative estimate of drug-likeness (QED) is 0.905. The second kappa shape index (κ2) is 6.20. The summed E-state index contributed by atoms with van der Waals surface area (Å²) < 4.78 is 0. The first-order valence-corrected chi connectivity index (χ1v) is 7.16. The molecule has 3 nitrogen and oxygen atoms in total. The minimum Gasteiger partial charge on any atom is -0.326 e. The number of hydrogen-bond donors (Lipinski definition) is 1. The number of benzene rings is 1. The lowest BCUT2D eigenvalue weighted by molar-refractivity contribution is -0.121. The van der Waals surface area contributed by atoms with Gasteiger partial charge in [-0.2, -0.15) is 0 Å². The molecule has 2 rings (SSSR count). The van der Waals surface area contributed by atoms with Crippen LogP contribution in [0.3, 0.4) is 0 Å². The number of nitrogens with zero attached hydrogens (tertiary/aromatic N) is 1. The van der Waals surface area contributed by atoms with Crippen LogP contribution in [-0.2, 0) is 4.79 Å². The topological polar surface area (TPSA) is 32.3 Å². The lowest BCUT2D eigenvalue weighted by Crippen LogP contribution is -2.38. The lowest BCUT2D eigenvalue weighted by Gasteiger charge is -2.29. The highest BCUT2D eigenvalue weighted by molar-refractivity contribution is 5.93. The predicted molar refractivity (Wildman–Crippen MR) is 79.4 cm³/mol. The van der Waals surface area contributed by atoms with Gasteiger partial charge in [-0.05, 0) is 44.0 Å². The Morgan fingerprint density at radius 3 is 2.79 bits per heavy atom. The van der Waals surface area contributed by atoms with Crippen molar-refractivity contribution in [1.29, 1.82) is 0 Å². The zero-order chi connectivity index (χ0) is 13.8. The van der Waals surface area contributed by atoms with Crippen LogP contribution in [0.2, 0.25) is 0 Å². The van der Waals surface area contributed by atoms with E-state index in [1.54, 1.807) is 0 Å². The molecule has 1 aromatic carbocycles. The lowest BCUT2D eigenvalue weighted by atomic mass is 9.96. The summed E-state index contributed by atoms with van der Waals surface area (Å²) in [7, 11) is 2.08. The Labute approximate surface area is 116 Å². The summed E-state index contributed by atoms with van der Waals surface area (Å²) in [5.41, 5.74) is 2.18. The average Bonchev–Trinajstić information content (AvgIpc) is 2.39. The van der Waals surface area contributed by atoms with E-state index in [9.17, 15) is 4.79 Å². The predicted octanol–water partition coefficient (Wildman–Crippen LogP) is 3.09. The summed E-state index contributed by atoms with van der Waals surface area (Å²) in [5, 5.41) is 3.12. The number of carbonyl (C=O) groups is 1. The van der Waals surface area contributed by atoms with Gasteiger partial charge in [-0.25, -0.2) is 0 Å². The van der Waals surface area contributed by atoms with Gasteiger partial charge in [0.1, 0.15) is 0 Å². The molecular weight excluding hydrogens is 236 g/mol. The molecule has 1 aliphatic rings. The van der Waals surface area contributed by atoms with Crippen LogP contribution >= 0.6 is 0 Å². The third kappa shape index (κ3) is 3.57. The first-order chi connectivity index (χ1) is 9.08. The molecular formula is C16H24N2O. The first kappa shape index (κ1) is 14.1. The zero-order valence-electron chi connectivity index (χ0n) is 12.1. The van der Waals surface area contributed by atoms with Crippen LogP contribution in [0.15, 0.2) is 24.3 Å². The van der Waals surface area contributed by atoms with E-state index in [0.29, 0.717) is 5.92 Å². The molecule has 0 aromatic heterocycles. The van der Waals surface area contributed by atoms with Crippen LogP contribution < -0.4 is 5.32 Å². The smallest absolute Gasteiger partial charge is 0.228 e. The van der Waals surface area contributed by atoms with Crippen molar-refractivity contribution in [2.45, 2.75) is 32.6 Å². The molecule has 0 spiro atoms. The third-order valence-corrected chi connectivity index (χ3v) is 3.84. The fraction of sp³-hybridized carbons (Fsp3) is 0.562. The molecule has 0 unspecified atom stereocenters. The second-order valence-corrected chi connectivity index (χ2v) is 5.83. The average molecular weight is 260 g/mol. The van der Waals surface area contributed by atoms with Crippen molar-refractivity contribution < 1.29 is 4.79 Å². The number of rotatable bonds is 3. The zero-order valence-corrected chi connectivity index (χ0v) is 12.1. The number of amides is 1. The van der Waals surface area contributed by atoms with E-state index in [2.05, 4.69) is 37.2 Å². The number of likely N-dealkylation sites (tertiary alicyclic amines) is 1. The molecule has 0 radical (unpaired) electrons. The number of piperidine rings is 1. The van der Waals surface area contributed by atoms with Gasteiger partial charge in [-0.15, -0.1) is 0 Å². The molecule has 1 atom stereocenters. The fourth-order valence-corrected chi connectivity index (χ4v) is 2.73. The Balaban J connectivity index is 2.06. The van der Waals surface area contributed by atoms with E-state index in [0.717, 1.165) is 31.6 Å². The molecule has 104 valence electrons. The van der Waals surface area contributed by atoms with Gasteiger partial charge >= 0.3 is 0 Å². The summed E-state index contributed by atoms with van der Waals surface area (Å²) >= 11 is 0. The van der Waals surface area contributed by atoms with E-state index in [1.807, 2.05) is 18.2 Å². The standard InChI is InChI=1S/C16H24N2O/c1-12(2)14-8-4-5-9-15(14)17-16(19)13-7-6-10-18(3)11-13/h4-5,8-9,12-13H,6-7,10-11H2,1-3H3,(H,17,19)/t13-/m1/s1. The van der Waals surface area contributed by atoms with Gasteiger partial charge in [0.2, 0.25) is 5.91 Å². The number of para-hydroxylation sites is 1. The molecule has 1 fully saturated rings. The number of hydrogen-bond acceptors (Lipinski definition) is 2. The van der Waals surface area contributed by atoms with Gasteiger partial charge in [0.15, 0.2) is 0 Å². The van der Waals surface area contributed by atoms with Crippen LogP contribution in [0.25, 0.3) is 0 Å². The Bertz CT molecular complexity index is 442. The van der Waals surface area contributed by atoms with Crippen molar-refractivity contribution in [1.82, 2.24) is 4.90 Å². The molecule has 1 N–H and O–H groups in total. The van der Waals surface area contributed by atoms with Crippen molar-refractivity contribution in [2.75, 3.05) is 25.5 Å². The van der Waals surface area contributed by atoms with E-state index in [1.165, 1.54) is 5.56 Å². The molecule has 1 heterocycles. The SMILES string of the molecule is CC(C)c1ccccc1NC(=O)[C@@H]1CCCN(C)C1. The Kier molecular flexibility index (Phi) is 4.59. The number of carbonyl (C=O) groups excluding carboxylic acids is 1.